The number of unbranched alkanes of at least 4 members (excludes halogenated alkanes) is 1. The highest BCUT2D eigenvalue weighted by Gasteiger charge is 2.47. The van der Waals surface area contributed by atoms with Gasteiger partial charge in [0.05, 0.1) is 19.9 Å². The van der Waals surface area contributed by atoms with E-state index in [0.29, 0.717) is 24.5 Å². The number of benzene rings is 1. The minimum absolute atomic E-state index is 0.0316. The molecule has 2 fully saturated rings. The molecule has 196 valence electrons. The predicted octanol–water partition coefficient (Wildman–Crippen LogP) is 3.65. The average molecular weight is 516 g/mol. The second-order valence-corrected chi connectivity index (χ2v) is 10.3. The van der Waals surface area contributed by atoms with Gasteiger partial charge in [0.1, 0.15) is 11.3 Å². The van der Waals surface area contributed by atoms with Crippen LogP contribution in [0.1, 0.15) is 44.6 Å². The lowest BCUT2D eigenvalue weighted by molar-refractivity contribution is -0.129. The lowest BCUT2D eigenvalue weighted by atomic mass is 9.85. The van der Waals surface area contributed by atoms with Gasteiger partial charge in [-0.2, -0.15) is 0 Å². The number of piperidine rings is 1. The number of hydrogen-bond donors (Lipinski definition) is 3. The smallest absolute Gasteiger partial charge is 0.407 e. The zero-order valence-corrected chi connectivity index (χ0v) is 22.2. The van der Waals surface area contributed by atoms with Gasteiger partial charge in [0.15, 0.2) is 5.13 Å². The standard InChI is InChI=1S/C26H37N5O4S/c1-4-5-6-18-7-8-22(34-2)20(15-18)21-17-36-24(29-21)30-23(32)26(10-12-27-13-11-26)31-14-9-19(16-31)28-25(33)35-3/h7-8,15,17,19,27H,4-6,9-14,16H2,1-3H3,(H,28,33)(H,29,30,32). The van der Waals surface area contributed by atoms with E-state index in [1.54, 1.807) is 7.11 Å². The van der Waals surface area contributed by atoms with Gasteiger partial charge in [-0.15, -0.1) is 11.3 Å². The summed E-state index contributed by atoms with van der Waals surface area (Å²) < 4.78 is 10.4. The van der Waals surface area contributed by atoms with Crippen LogP contribution in [0.25, 0.3) is 11.3 Å². The third kappa shape index (κ3) is 5.82. The fourth-order valence-corrected chi connectivity index (χ4v) is 5.89. The third-order valence-corrected chi connectivity index (χ3v) is 8.00. The number of methoxy groups -OCH3 is 2. The maximum absolute atomic E-state index is 13.8. The Bertz CT molecular complexity index is 1050. The van der Waals surface area contributed by atoms with Crippen LogP contribution in [-0.2, 0) is 16.0 Å². The summed E-state index contributed by atoms with van der Waals surface area (Å²) in [4.78, 5) is 32.4. The van der Waals surface area contributed by atoms with Gasteiger partial charge < -0.3 is 25.4 Å². The van der Waals surface area contributed by atoms with Crippen LogP contribution in [0.2, 0.25) is 0 Å². The molecule has 2 aliphatic rings. The number of amides is 2. The Balaban J connectivity index is 1.50. The molecular formula is C26H37N5O4S. The topological polar surface area (TPSA) is 105 Å². The number of carbonyl (C=O) groups is 2. The summed E-state index contributed by atoms with van der Waals surface area (Å²) in [6.07, 6.45) is 5.04. The number of rotatable bonds is 9. The molecule has 1 aromatic carbocycles. The van der Waals surface area contributed by atoms with Crippen LogP contribution in [0.15, 0.2) is 23.6 Å². The summed E-state index contributed by atoms with van der Waals surface area (Å²) in [7, 11) is 3.03. The fourth-order valence-electron chi connectivity index (χ4n) is 5.18. The van der Waals surface area contributed by atoms with E-state index in [4.69, 9.17) is 14.5 Å². The Labute approximate surface area is 217 Å². The molecule has 36 heavy (non-hydrogen) atoms. The van der Waals surface area contributed by atoms with Crippen LogP contribution in [-0.4, -0.2) is 73.9 Å². The highest BCUT2D eigenvalue weighted by Crippen LogP contribution is 2.35. The number of ether oxygens (including phenoxy) is 2. The van der Waals surface area contributed by atoms with Gasteiger partial charge in [-0.25, -0.2) is 9.78 Å². The molecule has 1 aromatic heterocycles. The van der Waals surface area contributed by atoms with E-state index in [1.807, 2.05) is 11.4 Å². The summed E-state index contributed by atoms with van der Waals surface area (Å²) in [6.45, 7) is 5.08. The van der Waals surface area contributed by atoms with Crippen molar-refractivity contribution in [2.75, 3.05) is 45.7 Å². The van der Waals surface area contributed by atoms with Crippen molar-refractivity contribution in [1.82, 2.24) is 20.5 Å². The number of aryl methyl sites for hydroxylation is 1. The number of aromatic nitrogens is 1. The minimum atomic E-state index is -0.638. The number of hydrogen-bond acceptors (Lipinski definition) is 8. The zero-order valence-electron chi connectivity index (χ0n) is 21.4. The first-order valence-electron chi connectivity index (χ1n) is 12.7. The first kappa shape index (κ1) is 26.4. The first-order chi connectivity index (χ1) is 17.5. The Morgan fingerprint density at radius 3 is 2.81 bits per heavy atom. The predicted molar refractivity (Wildman–Crippen MR) is 142 cm³/mol. The molecule has 2 saturated heterocycles. The van der Waals surface area contributed by atoms with Crippen molar-refractivity contribution >= 4 is 28.5 Å². The second-order valence-electron chi connectivity index (χ2n) is 9.48. The van der Waals surface area contributed by atoms with E-state index in [0.717, 1.165) is 62.3 Å². The molecule has 0 saturated carbocycles. The molecule has 1 atom stereocenters. The number of likely N-dealkylation sites (tertiary alicyclic amines) is 1. The molecule has 2 aliphatic heterocycles. The van der Waals surface area contributed by atoms with Gasteiger partial charge in [-0.3, -0.25) is 9.69 Å². The molecular weight excluding hydrogens is 478 g/mol. The van der Waals surface area contributed by atoms with Crippen LogP contribution in [0.5, 0.6) is 5.75 Å². The molecule has 0 radical (unpaired) electrons. The summed E-state index contributed by atoms with van der Waals surface area (Å²) >= 11 is 1.43. The van der Waals surface area contributed by atoms with Crippen molar-refractivity contribution in [3.63, 3.8) is 0 Å². The Hall–Kier alpha value is -2.69. The lowest BCUT2D eigenvalue weighted by Crippen LogP contribution is -2.61. The molecule has 0 bridgehead atoms. The van der Waals surface area contributed by atoms with E-state index >= 15 is 0 Å². The molecule has 2 amide bonds. The molecule has 3 N–H and O–H groups in total. The van der Waals surface area contributed by atoms with Crippen molar-refractivity contribution in [2.45, 2.75) is 57.0 Å². The normalized spacial score (nSPS) is 19.6. The van der Waals surface area contributed by atoms with Crippen LogP contribution >= 0.6 is 11.3 Å². The molecule has 0 spiro atoms. The summed E-state index contributed by atoms with van der Waals surface area (Å²) in [5.41, 5.74) is 2.36. The summed E-state index contributed by atoms with van der Waals surface area (Å²) in [5.74, 6) is 0.738. The SMILES string of the molecule is CCCCc1ccc(OC)c(-c2csc(NC(=O)C3(N4CCC(NC(=O)OC)C4)CCNCC3)n2)c1. The van der Waals surface area contributed by atoms with Gasteiger partial charge in [0.25, 0.3) is 0 Å². The van der Waals surface area contributed by atoms with Gasteiger partial charge in [-0.1, -0.05) is 19.4 Å². The van der Waals surface area contributed by atoms with E-state index in [-0.39, 0.29) is 11.9 Å². The Kier molecular flexibility index (Phi) is 8.81. The summed E-state index contributed by atoms with van der Waals surface area (Å²) in [5, 5.41) is 11.9. The number of thiazole rings is 1. The molecule has 10 heteroatoms. The maximum Gasteiger partial charge on any atom is 0.407 e. The quantitative estimate of drug-likeness (QED) is 0.468. The van der Waals surface area contributed by atoms with Gasteiger partial charge in [0.2, 0.25) is 5.91 Å². The van der Waals surface area contributed by atoms with E-state index in [2.05, 4.69) is 39.9 Å². The first-order valence-corrected chi connectivity index (χ1v) is 13.6. The highest BCUT2D eigenvalue weighted by molar-refractivity contribution is 7.14. The minimum Gasteiger partial charge on any atom is -0.496 e. The van der Waals surface area contributed by atoms with Crippen LogP contribution in [0, 0.1) is 0 Å². The number of nitrogens with zero attached hydrogens (tertiary/aromatic N) is 2. The van der Waals surface area contributed by atoms with Gasteiger partial charge >= 0.3 is 6.09 Å². The van der Waals surface area contributed by atoms with Crippen molar-refractivity contribution in [2.24, 2.45) is 0 Å². The third-order valence-electron chi connectivity index (χ3n) is 7.24. The van der Waals surface area contributed by atoms with Crippen molar-refractivity contribution in [3.8, 4) is 17.0 Å². The van der Waals surface area contributed by atoms with Crippen molar-refractivity contribution < 1.29 is 19.1 Å². The molecule has 0 aliphatic carbocycles. The highest BCUT2D eigenvalue weighted by atomic mass is 32.1. The van der Waals surface area contributed by atoms with Crippen LogP contribution in [0.4, 0.5) is 9.93 Å². The van der Waals surface area contributed by atoms with Crippen LogP contribution < -0.4 is 20.7 Å². The zero-order chi connectivity index (χ0) is 25.5. The number of alkyl carbamates (subject to hydrolysis) is 1. The van der Waals surface area contributed by atoms with E-state index in [9.17, 15) is 9.59 Å². The van der Waals surface area contributed by atoms with Gasteiger partial charge in [-0.05, 0) is 62.9 Å². The molecule has 9 nitrogen and oxygen atoms in total. The van der Waals surface area contributed by atoms with Crippen LogP contribution in [0.3, 0.4) is 0 Å². The van der Waals surface area contributed by atoms with Crippen molar-refractivity contribution in [3.05, 3.63) is 29.1 Å². The molecule has 4 rings (SSSR count). The fraction of sp³-hybridized carbons (Fsp3) is 0.577. The molecule has 1 unspecified atom stereocenters. The molecule has 3 heterocycles. The second kappa shape index (κ2) is 12.0. The average Bonchev–Trinajstić information content (AvgIpc) is 3.57. The van der Waals surface area contributed by atoms with E-state index < -0.39 is 11.6 Å². The van der Waals surface area contributed by atoms with Gasteiger partial charge in [0, 0.05) is 30.1 Å². The Morgan fingerprint density at radius 1 is 1.28 bits per heavy atom. The summed E-state index contributed by atoms with van der Waals surface area (Å²) in [6, 6.07) is 6.21. The molecule has 2 aromatic rings. The maximum atomic E-state index is 13.8. The van der Waals surface area contributed by atoms with E-state index in [1.165, 1.54) is 24.0 Å². The monoisotopic (exact) mass is 515 g/mol. The number of nitrogens with one attached hydrogen (secondary N) is 3. The van der Waals surface area contributed by atoms with Crippen molar-refractivity contribution in [1.29, 1.82) is 0 Å². The number of carbonyl (C=O) groups excluding carboxylic acids is 2. The Morgan fingerprint density at radius 2 is 2.08 bits per heavy atom. The lowest BCUT2D eigenvalue weighted by Gasteiger charge is -2.43. The largest absolute Gasteiger partial charge is 0.496 e. The number of anilines is 1.